The van der Waals surface area contributed by atoms with Crippen molar-refractivity contribution in [3.8, 4) is 0 Å². The molecular formula is C15H20O3S. The fourth-order valence-corrected chi connectivity index (χ4v) is 4.49. The normalized spacial score (nSPS) is 29.8. The van der Waals surface area contributed by atoms with Gasteiger partial charge in [0.25, 0.3) is 10.1 Å². The molecule has 0 amide bonds. The summed E-state index contributed by atoms with van der Waals surface area (Å²) in [6.07, 6.45) is 5.00. The maximum atomic E-state index is 12.1. The molecule has 1 aromatic rings. The van der Waals surface area contributed by atoms with Gasteiger partial charge in [-0.2, -0.15) is 8.42 Å². The average molecular weight is 280 g/mol. The fourth-order valence-electron chi connectivity index (χ4n) is 3.53. The summed E-state index contributed by atoms with van der Waals surface area (Å²) in [7, 11) is -3.58. The highest BCUT2D eigenvalue weighted by atomic mass is 32.2. The molecule has 19 heavy (non-hydrogen) atoms. The highest BCUT2D eigenvalue weighted by molar-refractivity contribution is 7.86. The van der Waals surface area contributed by atoms with Gasteiger partial charge >= 0.3 is 0 Å². The number of benzene rings is 1. The lowest BCUT2D eigenvalue weighted by atomic mass is 9.90. The van der Waals surface area contributed by atoms with Crippen LogP contribution in [-0.4, -0.2) is 15.0 Å². The summed E-state index contributed by atoms with van der Waals surface area (Å²) in [5, 5.41) is 0. The summed E-state index contributed by atoms with van der Waals surface area (Å²) in [6, 6.07) is 6.83. The molecular weight excluding hydrogens is 260 g/mol. The van der Waals surface area contributed by atoms with Crippen molar-refractivity contribution in [2.45, 2.75) is 37.5 Å². The summed E-state index contributed by atoms with van der Waals surface area (Å²) < 4.78 is 29.4. The molecule has 0 heterocycles. The van der Waals surface area contributed by atoms with Gasteiger partial charge in [-0.15, -0.1) is 0 Å². The number of hydrogen-bond acceptors (Lipinski definition) is 3. The van der Waals surface area contributed by atoms with Crippen molar-refractivity contribution in [2.75, 3.05) is 6.61 Å². The summed E-state index contributed by atoms with van der Waals surface area (Å²) in [4.78, 5) is 0.265. The van der Waals surface area contributed by atoms with Crippen molar-refractivity contribution in [1.29, 1.82) is 0 Å². The monoisotopic (exact) mass is 280 g/mol. The van der Waals surface area contributed by atoms with Crippen LogP contribution in [0.25, 0.3) is 0 Å². The SMILES string of the molecule is Cc1ccc(S(=O)(=O)OC[C@@H]2C[C@@H]3CC[C@H]2C3)cc1. The molecule has 0 aliphatic heterocycles. The average Bonchev–Trinajstić information content (AvgIpc) is 2.99. The van der Waals surface area contributed by atoms with Gasteiger partial charge in [-0.25, -0.2) is 0 Å². The second-order valence-electron chi connectivity index (χ2n) is 5.99. The Morgan fingerprint density at radius 3 is 2.47 bits per heavy atom. The first-order chi connectivity index (χ1) is 9.04. The largest absolute Gasteiger partial charge is 0.296 e. The summed E-state index contributed by atoms with van der Waals surface area (Å²) >= 11 is 0. The number of aryl methyl sites for hydroxylation is 1. The van der Waals surface area contributed by atoms with E-state index in [1.165, 1.54) is 19.3 Å². The topological polar surface area (TPSA) is 43.4 Å². The Bertz CT molecular complexity index is 547. The number of fused-ring (bicyclic) bond motifs is 2. The van der Waals surface area contributed by atoms with Crippen LogP contribution in [0.15, 0.2) is 29.2 Å². The molecule has 2 aliphatic rings. The van der Waals surface area contributed by atoms with Gasteiger partial charge in [-0.1, -0.05) is 24.1 Å². The smallest absolute Gasteiger partial charge is 0.266 e. The van der Waals surface area contributed by atoms with Crippen molar-refractivity contribution in [3.63, 3.8) is 0 Å². The maximum Gasteiger partial charge on any atom is 0.296 e. The van der Waals surface area contributed by atoms with E-state index >= 15 is 0 Å². The molecule has 0 saturated heterocycles. The molecule has 104 valence electrons. The fraction of sp³-hybridized carbons (Fsp3) is 0.600. The van der Waals surface area contributed by atoms with E-state index in [1.54, 1.807) is 24.3 Å². The molecule has 3 atom stereocenters. The zero-order valence-corrected chi connectivity index (χ0v) is 12.0. The van der Waals surface area contributed by atoms with Crippen LogP contribution in [0.3, 0.4) is 0 Å². The maximum absolute atomic E-state index is 12.1. The molecule has 0 aromatic heterocycles. The molecule has 0 N–H and O–H groups in total. The van der Waals surface area contributed by atoms with E-state index in [2.05, 4.69) is 0 Å². The third-order valence-corrected chi connectivity index (χ3v) is 5.93. The van der Waals surface area contributed by atoms with Crippen molar-refractivity contribution in [2.24, 2.45) is 17.8 Å². The van der Waals surface area contributed by atoms with Crippen molar-refractivity contribution in [1.82, 2.24) is 0 Å². The Kier molecular flexibility index (Phi) is 3.39. The van der Waals surface area contributed by atoms with Gasteiger partial charge in [-0.3, -0.25) is 4.18 Å². The standard InChI is InChI=1S/C15H20O3S/c1-11-2-6-15(7-3-11)19(16,17)18-10-14-9-12-4-5-13(14)8-12/h2-3,6-7,12-14H,4-5,8-10H2,1H3/t12-,13+,14+/m1/s1. The van der Waals surface area contributed by atoms with E-state index in [-0.39, 0.29) is 4.90 Å². The van der Waals surface area contributed by atoms with Crippen LogP contribution in [0.1, 0.15) is 31.2 Å². The molecule has 3 nitrogen and oxygen atoms in total. The third kappa shape index (κ3) is 2.70. The van der Waals surface area contributed by atoms with Crippen LogP contribution in [-0.2, 0) is 14.3 Å². The van der Waals surface area contributed by atoms with Gasteiger partial charge < -0.3 is 0 Å². The third-order valence-electron chi connectivity index (χ3n) is 4.63. The van der Waals surface area contributed by atoms with Crippen LogP contribution in [0.2, 0.25) is 0 Å². The molecule has 0 radical (unpaired) electrons. The zero-order chi connectivity index (χ0) is 13.5. The highest BCUT2D eigenvalue weighted by Crippen LogP contribution is 2.48. The lowest BCUT2D eigenvalue weighted by molar-refractivity contribution is 0.200. The molecule has 1 aromatic carbocycles. The van der Waals surface area contributed by atoms with Crippen molar-refractivity contribution < 1.29 is 12.6 Å². The van der Waals surface area contributed by atoms with Crippen LogP contribution in [0.4, 0.5) is 0 Å². The summed E-state index contributed by atoms with van der Waals surface area (Å²) in [5.74, 6) is 1.96. The summed E-state index contributed by atoms with van der Waals surface area (Å²) in [6.45, 7) is 2.30. The van der Waals surface area contributed by atoms with Gasteiger partial charge in [0.1, 0.15) is 0 Å². The minimum absolute atomic E-state index is 0.265. The van der Waals surface area contributed by atoms with E-state index in [1.807, 2.05) is 6.92 Å². The molecule has 2 bridgehead atoms. The molecule has 2 fully saturated rings. The van der Waals surface area contributed by atoms with E-state index < -0.39 is 10.1 Å². The first kappa shape index (κ1) is 13.1. The van der Waals surface area contributed by atoms with Crippen LogP contribution in [0.5, 0.6) is 0 Å². The van der Waals surface area contributed by atoms with Crippen molar-refractivity contribution in [3.05, 3.63) is 29.8 Å². The minimum Gasteiger partial charge on any atom is -0.266 e. The van der Waals surface area contributed by atoms with E-state index in [4.69, 9.17) is 4.18 Å². The van der Waals surface area contributed by atoms with Crippen LogP contribution in [0, 0.1) is 24.7 Å². The highest BCUT2D eigenvalue weighted by Gasteiger charge is 2.40. The Labute approximate surface area is 115 Å². The Morgan fingerprint density at radius 2 is 1.89 bits per heavy atom. The lowest BCUT2D eigenvalue weighted by Crippen LogP contribution is -2.19. The van der Waals surface area contributed by atoms with Gasteiger partial charge in [0.05, 0.1) is 11.5 Å². The van der Waals surface area contributed by atoms with Gasteiger partial charge in [0, 0.05) is 0 Å². The number of hydrogen-bond donors (Lipinski definition) is 0. The number of rotatable bonds is 4. The Balaban J connectivity index is 1.64. The first-order valence-corrected chi connectivity index (χ1v) is 8.41. The van der Waals surface area contributed by atoms with E-state index in [0.29, 0.717) is 18.4 Å². The van der Waals surface area contributed by atoms with E-state index in [9.17, 15) is 8.42 Å². The first-order valence-electron chi connectivity index (χ1n) is 7.01. The zero-order valence-electron chi connectivity index (χ0n) is 11.2. The predicted octanol–water partition coefficient (Wildman–Crippen LogP) is 3.14. The summed E-state index contributed by atoms with van der Waals surface area (Å²) in [5.41, 5.74) is 1.05. The quantitative estimate of drug-likeness (QED) is 0.796. The van der Waals surface area contributed by atoms with Gasteiger partial charge in [0.15, 0.2) is 0 Å². The van der Waals surface area contributed by atoms with Gasteiger partial charge in [-0.05, 0) is 56.1 Å². The van der Waals surface area contributed by atoms with E-state index in [0.717, 1.165) is 17.9 Å². The van der Waals surface area contributed by atoms with Crippen LogP contribution >= 0.6 is 0 Å². The molecule has 2 aliphatic carbocycles. The molecule has 2 saturated carbocycles. The van der Waals surface area contributed by atoms with Crippen molar-refractivity contribution >= 4 is 10.1 Å². The molecule has 4 heteroatoms. The lowest BCUT2D eigenvalue weighted by Gasteiger charge is -2.21. The Hall–Kier alpha value is -0.870. The predicted molar refractivity (Wildman–Crippen MR) is 73.3 cm³/mol. The second kappa shape index (κ2) is 4.91. The molecule has 0 spiro atoms. The molecule has 3 rings (SSSR count). The van der Waals surface area contributed by atoms with Crippen LogP contribution < -0.4 is 0 Å². The minimum atomic E-state index is -3.58. The Morgan fingerprint density at radius 1 is 1.16 bits per heavy atom. The second-order valence-corrected chi connectivity index (χ2v) is 7.60. The molecule has 0 unspecified atom stereocenters. The van der Waals surface area contributed by atoms with Gasteiger partial charge in [0.2, 0.25) is 0 Å².